The van der Waals surface area contributed by atoms with Gasteiger partial charge in [-0.25, -0.2) is 23.3 Å². The predicted molar refractivity (Wildman–Crippen MR) is 108 cm³/mol. The molecule has 0 saturated heterocycles. The zero-order valence-electron chi connectivity index (χ0n) is 15.5. The summed E-state index contributed by atoms with van der Waals surface area (Å²) in [6.07, 6.45) is 1.26. The molecule has 3 rings (SSSR count). The van der Waals surface area contributed by atoms with Crippen LogP contribution in [-0.4, -0.2) is 31.9 Å². The zero-order valence-corrected chi connectivity index (χ0v) is 16.3. The molecule has 148 valence electrons. The van der Waals surface area contributed by atoms with Gasteiger partial charge >= 0.3 is 0 Å². The molecule has 3 aromatic rings. The number of nitrogen functional groups attached to an aromatic ring is 1. The first-order valence-corrected chi connectivity index (χ1v) is 9.80. The molecule has 0 aliphatic rings. The van der Waals surface area contributed by atoms with Crippen molar-refractivity contribution in [3.8, 4) is 28.5 Å². The van der Waals surface area contributed by atoms with E-state index < -0.39 is 16.8 Å². The van der Waals surface area contributed by atoms with E-state index >= 15 is 0 Å². The van der Waals surface area contributed by atoms with Crippen molar-refractivity contribution in [1.29, 1.82) is 5.26 Å². The fourth-order valence-electron chi connectivity index (χ4n) is 2.70. The number of anilines is 1. The van der Waals surface area contributed by atoms with Gasteiger partial charge in [0.15, 0.2) is 5.69 Å². The normalized spacial score (nSPS) is 12.9. The number of nitrogens with zero attached hydrogens (tertiary/aromatic N) is 3. The maximum absolute atomic E-state index is 14.9. The Kier molecular flexibility index (Phi) is 6.29. The predicted octanol–water partition coefficient (Wildman–Crippen LogP) is 2.40. The lowest BCUT2D eigenvalue weighted by molar-refractivity contribution is 0.266. The first kappa shape index (κ1) is 20.5. The molecule has 2 atom stereocenters. The van der Waals surface area contributed by atoms with E-state index in [9.17, 15) is 13.9 Å². The van der Waals surface area contributed by atoms with E-state index in [0.29, 0.717) is 16.0 Å². The Balaban J connectivity index is 2.03. The summed E-state index contributed by atoms with van der Waals surface area (Å²) in [5, 5.41) is 18.4. The first-order valence-electron chi connectivity index (χ1n) is 8.65. The summed E-state index contributed by atoms with van der Waals surface area (Å²) in [7, 11) is -1.59. The van der Waals surface area contributed by atoms with Crippen LogP contribution in [0.1, 0.15) is 12.6 Å². The third kappa shape index (κ3) is 4.46. The number of aliphatic hydroxyl groups is 1. The lowest BCUT2D eigenvalue weighted by Crippen LogP contribution is -2.31. The Morgan fingerprint density at radius 1 is 1.31 bits per heavy atom. The van der Waals surface area contributed by atoms with Gasteiger partial charge in [0, 0.05) is 11.6 Å². The van der Waals surface area contributed by atoms with Crippen LogP contribution >= 0.6 is 0 Å². The van der Waals surface area contributed by atoms with E-state index in [4.69, 9.17) is 10.8 Å². The average molecular weight is 411 g/mol. The smallest absolute Gasteiger partial charge is 0.169 e. The minimum atomic E-state index is -1.59. The summed E-state index contributed by atoms with van der Waals surface area (Å²) in [6.45, 7) is 1.54. The Morgan fingerprint density at radius 3 is 2.76 bits per heavy atom. The third-order valence-electron chi connectivity index (χ3n) is 4.10. The molecule has 7 nitrogen and oxygen atoms in total. The molecule has 0 aliphatic carbocycles. The van der Waals surface area contributed by atoms with Gasteiger partial charge in [-0.2, -0.15) is 5.26 Å². The topological polar surface area (TPSA) is 125 Å². The van der Waals surface area contributed by atoms with Gasteiger partial charge in [-0.15, -0.1) is 0 Å². The summed E-state index contributed by atoms with van der Waals surface area (Å²) in [5.41, 5.74) is 6.77. The van der Waals surface area contributed by atoms with Gasteiger partial charge in [0.1, 0.15) is 34.4 Å². The molecule has 9 heteroatoms. The molecule has 1 aromatic heterocycles. The Bertz CT molecular complexity index is 1120. The van der Waals surface area contributed by atoms with Crippen molar-refractivity contribution < 1.29 is 13.7 Å². The number of nitriles is 1. The lowest BCUT2D eigenvalue weighted by atomic mass is 10.0. The van der Waals surface area contributed by atoms with Gasteiger partial charge in [0.05, 0.1) is 17.7 Å². The van der Waals surface area contributed by atoms with Gasteiger partial charge in [0.25, 0.3) is 0 Å². The number of rotatable bonds is 6. The van der Waals surface area contributed by atoms with Crippen LogP contribution in [0.3, 0.4) is 0 Å². The molecule has 1 heterocycles. The first-order chi connectivity index (χ1) is 13.9. The van der Waals surface area contributed by atoms with Crippen molar-refractivity contribution in [2.45, 2.75) is 17.9 Å². The molecule has 2 aromatic carbocycles. The molecule has 29 heavy (non-hydrogen) atoms. The van der Waals surface area contributed by atoms with Gasteiger partial charge < -0.3 is 10.8 Å². The maximum Gasteiger partial charge on any atom is 0.169 e. The molecule has 4 N–H and O–H groups in total. The molecular formula is C20H18FN5O2S. The molecular weight excluding hydrogens is 393 g/mol. The van der Waals surface area contributed by atoms with Gasteiger partial charge in [-0.05, 0) is 36.2 Å². The van der Waals surface area contributed by atoms with E-state index in [0.717, 1.165) is 0 Å². The fourth-order valence-corrected chi connectivity index (χ4v) is 3.86. The highest BCUT2D eigenvalue weighted by molar-refractivity contribution is 7.83. The van der Waals surface area contributed by atoms with Gasteiger partial charge in [0.2, 0.25) is 0 Å². The number of nitrogens with two attached hydrogens (primary N) is 1. The quantitative estimate of drug-likeness (QED) is 0.572. The monoisotopic (exact) mass is 411 g/mol. The van der Waals surface area contributed by atoms with Gasteiger partial charge in [-0.1, -0.05) is 24.3 Å². The molecule has 0 amide bonds. The second kappa shape index (κ2) is 8.87. The minimum absolute atomic E-state index is 0.0691. The fraction of sp³-hybridized carbons (Fsp3) is 0.150. The van der Waals surface area contributed by atoms with E-state index in [1.54, 1.807) is 37.3 Å². The zero-order chi connectivity index (χ0) is 21.0. The summed E-state index contributed by atoms with van der Waals surface area (Å²) in [4.78, 5) is 8.38. The maximum atomic E-state index is 14.9. The van der Waals surface area contributed by atoms with Crippen LogP contribution in [0.15, 0.2) is 53.6 Å². The number of hydrogen-bond acceptors (Lipinski definition) is 6. The number of nitrogens with one attached hydrogen (secondary N) is 1. The number of aliphatic hydroxyl groups excluding tert-OH is 1. The molecule has 0 aliphatic heterocycles. The van der Waals surface area contributed by atoms with Crippen molar-refractivity contribution >= 4 is 16.8 Å². The van der Waals surface area contributed by atoms with Crippen molar-refractivity contribution in [3.63, 3.8) is 0 Å². The van der Waals surface area contributed by atoms with Crippen molar-refractivity contribution in [2.24, 2.45) is 0 Å². The second-order valence-electron chi connectivity index (χ2n) is 6.26. The Hall–Kier alpha value is -3.19. The molecule has 0 saturated carbocycles. The summed E-state index contributed by atoms with van der Waals surface area (Å²) < 4.78 is 30.3. The number of halogens is 1. The minimum Gasteiger partial charge on any atom is -0.395 e. The molecule has 2 unspecified atom stereocenters. The second-order valence-corrected chi connectivity index (χ2v) is 7.48. The largest absolute Gasteiger partial charge is 0.395 e. The number of benzene rings is 2. The van der Waals surface area contributed by atoms with Crippen LogP contribution in [0.2, 0.25) is 0 Å². The third-order valence-corrected chi connectivity index (χ3v) is 5.47. The lowest BCUT2D eigenvalue weighted by Gasteiger charge is -2.14. The van der Waals surface area contributed by atoms with E-state index in [1.807, 2.05) is 6.07 Å². The average Bonchev–Trinajstić information content (AvgIpc) is 2.73. The standard InChI is InChI=1S/C20H18FN5O2S/c1-12(11-27)26-29(28)18-5-3-2-4-14(18)13-6-7-15(16(21)8-13)20-17(9-22)25-19(23)10-24-20/h2-8,10,12,26-27H,11H2,1H3,(H2,23,25). The van der Waals surface area contributed by atoms with Crippen molar-refractivity contribution in [1.82, 2.24) is 14.7 Å². The van der Waals surface area contributed by atoms with Crippen LogP contribution in [0, 0.1) is 17.1 Å². The molecule has 0 fully saturated rings. The van der Waals surface area contributed by atoms with Crippen LogP contribution < -0.4 is 10.5 Å². The molecule has 0 spiro atoms. The number of hydrogen-bond donors (Lipinski definition) is 3. The number of aromatic nitrogens is 2. The molecule has 0 bridgehead atoms. The highest BCUT2D eigenvalue weighted by Crippen LogP contribution is 2.31. The van der Waals surface area contributed by atoms with Crippen LogP contribution in [0.25, 0.3) is 22.4 Å². The van der Waals surface area contributed by atoms with Crippen molar-refractivity contribution in [2.75, 3.05) is 12.3 Å². The van der Waals surface area contributed by atoms with Gasteiger partial charge in [-0.3, -0.25) is 0 Å². The van der Waals surface area contributed by atoms with Crippen LogP contribution in [0.5, 0.6) is 0 Å². The summed E-state index contributed by atoms with van der Waals surface area (Å²) in [5.74, 6) is -0.529. The van der Waals surface area contributed by atoms with Crippen molar-refractivity contribution in [3.05, 3.63) is 60.2 Å². The summed E-state index contributed by atoms with van der Waals surface area (Å²) >= 11 is 0. The SMILES string of the molecule is CC(CO)NS(=O)c1ccccc1-c1ccc(-c2ncc(N)nc2C#N)c(F)c1. The van der Waals surface area contributed by atoms with Crippen LogP contribution in [-0.2, 0) is 11.0 Å². The summed E-state index contributed by atoms with van der Waals surface area (Å²) in [6, 6.07) is 12.8. The highest BCUT2D eigenvalue weighted by Gasteiger charge is 2.17. The van der Waals surface area contributed by atoms with E-state index in [2.05, 4.69) is 14.7 Å². The van der Waals surface area contributed by atoms with E-state index in [1.165, 1.54) is 18.3 Å². The van der Waals surface area contributed by atoms with Crippen LogP contribution in [0.4, 0.5) is 10.2 Å². The Morgan fingerprint density at radius 2 is 2.07 bits per heavy atom. The Labute approximate surface area is 169 Å². The molecule has 0 radical (unpaired) electrons. The highest BCUT2D eigenvalue weighted by atomic mass is 32.2. The van der Waals surface area contributed by atoms with E-state index in [-0.39, 0.29) is 35.4 Å².